The first-order valence-electron chi connectivity index (χ1n) is 6.31. The largest absolute Gasteiger partial charge is 0.378 e. The highest BCUT2D eigenvalue weighted by Gasteiger charge is 2.13. The van der Waals surface area contributed by atoms with E-state index in [4.69, 9.17) is 4.74 Å². The second-order valence-corrected chi connectivity index (χ2v) is 5.29. The van der Waals surface area contributed by atoms with E-state index >= 15 is 0 Å². The lowest BCUT2D eigenvalue weighted by atomic mass is 10.1. The third kappa shape index (κ3) is 4.72. The number of amides is 1. The summed E-state index contributed by atoms with van der Waals surface area (Å²) in [6.07, 6.45) is 4.62. The van der Waals surface area contributed by atoms with Gasteiger partial charge in [0.05, 0.1) is 24.8 Å². The lowest BCUT2D eigenvalue weighted by Gasteiger charge is -2.22. The Hall–Kier alpha value is -0.980. The van der Waals surface area contributed by atoms with Gasteiger partial charge in [-0.3, -0.25) is 9.78 Å². The molecule has 100 valence electrons. The number of hydrogen-bond donors (Lipinski definition) is 2. The maximum Gasteiger partial charge on any atom is 0.222 e. The topological polar surface area (TPSA) is 63.2 Å². The van der Waals surface area contributed by atoms with Crippen LogP contribution >= 0.6 is 11.3 Å². The van der Waals surface area contributed by atoms with E-state index in [-0.39, 0.29) is 5.91 Å². The van der Waals surface area contributed by atoms with Crippen molar-refractivity contribution in [2.45, 2.75) is 31.9 Å². The summed E-state index contributed by atoms with van der Waals surface area (Å²) >= 11 is 1.55. The molecule has 18 heavy (non-hydrogen) atoms. The molecule has 5 nitrogen and oxygen atoms in total. The molecule has 1 fully saturated rings. The summed E-state index contributed by atoms with van der Waals surface area (Å²) in [6, 6.07) is 0. The number of nitrogens with zero attached hydrogens (tertiary/aromatic N) is 1. The van der Waals surface area contributed by atoms with Crippen molar-refractivity contribution in [2.75, 3.05) is 19.7 Å². The number of hydrogen-bond acceptors (Lipinski definition) is 5. The summed E-state index contributed by atoms with van der Waals surface area (Å²) in [7, 11) is 0. The second kappa shape index (κ2) is 7.45. The SMILES string of the molecule is O=C(CCOC1CCNCC1)NCc1cncs1. The highest BCUT2D eigenvalue weighted by molar-refractivity contribution is 7.09. The van der Waals surface area contributed by atoms with E-state index in [0.717, 1.165) is 30.8 Å². The van der Waals surface area contributed by atoms with Crippen molar-refractivity contribution in [2.24, 2.45) is 0 Å². The first kappa shape index (κ1) is 13.5. The molecule has 1 aromatic rings. The van der Waals surface area contributed by atoms with Crippen LogP contribution in [0.2, 0.25) is 0 Å². The molecular formula is C12H19N3O2S. The molecule has 6 heteroatoms. The molecule has 1 aliphatic rings. The zero-order valence-electron chi connectivity index (χ0n) is 10.4. The Bertz CT molecular complexity index is 350. The van der Waals surface area contributed by atoms with Crippen molar-refractivity contribution in [1.82, 2.24) is 15.6 Å². The lowest BCUT2D eigenvalue weighted by Crippen LogP contribution is -2.33. The van der Waals surface area contributed by atoms with Crippen LogP contribution in [0.25, 0.3) is 0 Å². The van der Waals surface area contributed by atoms with Gasteiger partial charge in [0, 0.05) is 17.5 Å². The first-order valence-corrected chi connectivity index (χ1v) is 7.19. The van der Waals surface area contributed by atoms with Crippen LogP contribution in [-0.4, -0.2) is 36.7 Å². The van der Waals surface area contributed by atoms with Crippen molar-refractivity contribution in [3.05, 3.63) is 16.6 Å². The van der Waals surface area contributed by atoms with E-state index in [2.05, 4.69) is 15.6 Å². The molecule has 0 unspecified atom stereocenters. The molecule has 0 radical (unpaired) electrons. The molecule has 0 aliphatic carbocycles. The van der Waals surface area contributed by atoms with E-state index in [1.54, 1.807) is 23.0 Å². The zero-order valence-corrected chi connectivity index (χ0v) is 11.2. The van der Waals surface area contributed by atoms with E-state index in [9.17, 15) is 4.79 Å². The van der Waals surface area contributed by atoms with Gasteiger partial charge in [-0.2, -0.15) is 0 Å². The fraction of sp³-hybridized carbons (Fsp3) is 0.667. The molecule has 1 aromatic heterocycles. The van der Waals surface area contributed by atoms with Gasteiger partial charge in [-0.15, -0.1) is 11.3 Å². The van der Waals surface area contributed by atoms with Gasteiger partial charge >= 0.3 is 0 Å². The maximum atomic E-state index is 11.6. The van der Waals surface area contributed by atoms with E-state index in [0.29, 0.717) is 25.7 Å². The van der Waals surface area contributed by atoms with Gasteiger partial charge in [-0.1, -0.05) is 0 Å². The minimum atomic E-state index is 0.0392. The Labute approximate surface area is 111 Å². The van der Waals surface area contributed by atoms with Gasteiger partial charge in [0.25, 0.3) is 0 Å². The number of piperidine rings is 1. The highest BCUT2D eigenvalue weighted by Crippen LogP contribution is 2.07. The molecule has 1 amide bonds. The molecule has 0 aromatic carbocycles. The Morgan fingerprint density at radius 2 is 2.39 bits per heavy atom. The third-order valence-corrected chi connectivity index (χ3v) is 3.69. The number of nitrogens with one attached hydrogen (secondary N) is 2. The molecule has 2 N–H and O–H groups in total. The maximum absolute atomic E-state index is 11.6. The van der Waals surface area contributed by atoms with Crippen LogP contribution in [0, 0.1) is 0 Å². The predicted octanol–water partition coefficient (Wildman–Crippen LogP) is 0.918. The number of aromatic nitrogens is 1. The molecule has 1 saturated heterocycles. The summed E-state index contributed by atoms with van der Waals surface area (Å²) < 4.78 is 5.68. The van der Waals surface area contributed by atoms with Crippen LogP contribution in [-0.2, 0) is 16.1 Å². The van der Waals surface area contributed by atoms with Crippen molar-refractivity contribution in [3.8, 4) is 0 Å². The second-order valence-electron chi connectivity index (χ2n) is 4.31. The minimum Gasteiger partial charge on any atom is -0.378 e. The normalized spacial score (nSPS) is 16.7. The number of ether oxygens (including phenoxy) is 1. The Balaban J connectivity index is 1.54. The fourth-order valence-electron chi connectivity index (χ4n) is 1.88. The monoisotopic (exact) mass is 269 g/mol. The predicted molar refractivity (Wildman–Crippen MR) is 70.4 cm³/mol. The third-order valence-electron chi connectivity index (χ3n) is 2.91. The lowest BCUT2D eigenvalue weighted by molar-refractivity contribution is -0.122. The zero-order chi connectivity index (χ0) is 12.6. The average Bonchev–Trinajstić information content (AvgIpc) is 2.91. The van der Waals surface area contributed by atoms with E-state index in [1.165, 1.54) is 0 Å². The highest BCUT2D eigenvalue weighted by atomic mass is 32.1. The van der Waals surface area contributed by atoms with Crippen LogP contribution in [0.5, 0.6) is 0 Å². The summed E-state index contributed by atoms with van der Waals surface area (Å²) in [6.45, 7) is 3.11. The summed E-state index contributed by atoms with van der Waals surface area (Å²) in [5.41, 5.74) is 1.77. The first-order chi connectivity index (χ1) is 8.84. The van der Waals surface area contributed by atoms with Gasteiger partial charge in [0.1, 0.15) is 0 Å². The smallest absolute Gasteiger partial charge is 0.222 e. The van der Waals surface area contributed by atoms with Crippen LogP contribution in [0.3, 0.4) is 0 Å². The van der Waals surface area contributed by atoms with E-state index < -0.39 is 0 Å². The van der Waals surface area contributed by atoms with E-state index in [1.807, 2.05) is 0 Å². The standard InChI is InChI=1S/C12H19N3O2S/c16-12(15-8-11-7-14-9-18-11)3-6-17-10-1-4-13-5-2-10/h7,9-10,13H,1-6,8H2,(H,15,16). The van der Waals surface area contributed by atoms with Gasteiger partial charge < -0.3 is 15.4 Å². The Morgan fingerprint density at radius 3 is 3.11 bits per heavy atom. The van der Waals surface area contributed by atoms with Crippen molar-refractivity contribution in [1.29, 1.82) is 0 Å². The molecular weight excluding hydrogens is 250 g/mol. The molecule has 0 atom stereocenters. The summed E-state index contributed by atoms with van der Waals surface area (Å²) in [5.74, 6) is 0.0392. The summed E-state index contributed by atoms with van der Waals surface area (Å²) in [4.78, 5) is 16.6. The minimum absolute atomic E-state index is 0.0392. The quantitative estimate of drug-likeness (QED) is 0.806. The molecule has 2 rings (SSSR count). The van der Waals surface area contributed by atoms with Crippen molar-refractivity contribution >= 4 is 17.2 Å². The number of carbonyl (C=O) groups is 1. The Morgan fingerprint density at radius 1 is 1.56 bits per heavy atom. The number of rotatable bonds is 6. The number of thiazole rings is 1. The molecule has 0 saturated carbocycles. The van der Waals surface area contributed by atoms with Gasteiger partial charge in [-0.25, -0.2) is 0 Å². The molecule has 1 aliphatic heterocycles. The van der Waals surface area contributed by atoms with Crippen LogP contribution in [0.15, 0.2) is 11.7 Å². The van der Waals surface area contributed by atoms with Gasteiger partial charge in [-0.05, 0) is 25.9 Å². The molecule has 2 heterocycles. The van der Waals surface area contributed by atoms with Crippen LogP contribution < -0.4 is 10.6 Å². The summed E-state index contributed by atoms with van der Waals surface area (Å²) in [5, 5.41) is 6.15. The van der Waals surface area contributed by atoms with Crippen molar-refractivity contribution < 1.29 is 9.53 Å². The fourth-order valence-corrected chi connectivity index (χ4v) is 2.42. The molecule has 0 spiro atoms. The number of carbonyl (C=O) groups excluding carboxylic acids is 1. The van der Waals surface area contributed by atoms with Crippen LogP contribution in [0.4, 0.5) is 0 Å². The van der Waals surface area contributed by atoms with Crippen LogP contribution in [0.1, 0.15) is 24.1 Å². The van der Waals surface area contributed by atoms with Crippen molar-refractivity contribution in [3.63, 3.8) is 0 Å². The van der Waals surface area contributed by atoms with Gasteiger partial charge in [0.15, 0.2) is 0 Å². The average molecular weight is 269 g/mol. The Kier molecular flexibility index (Phi) is 5.57. The van der Waals surface area contributed by atoms with Gasteiger partial charge in [0.2, 0.25) is 5.91 Å². The molecule has 0 bridgehead atoms.